The van der Waals surface area contributed by atoms with Gasteiger partial charge in [-0.2, -0.15) is 0 Å². The average Bonchev–Trinajstić information content (AvgIpc) is 3.42. The molecule has 3 aromatic rings. The Bertz CT molecular complexity index is 1130. The Kier molecular flexibility index (Phi) is 6.78. The Hall–Kier alpha value is -4.00. The molecular formula is C26H26N2O5. The van der Waals surface area contributed by atoms with Crippen molar-refractivity contribution in [2.45, 2.75) is 26.8 Å². The van der Waals surface area contributed by atoms with Gasteiger partial charge >= 0.3 is 0 Å². The molecule has 7 heteroatoms. The van der Waals surface area contributed by atoms with Crippen molar-refractivity contribution in [1.29, 1.82) is 0 Å². The van der Waals surface area contributed by atoms with Gasteiger partial charge in [0, 0.05) is 5.69 Å². The van der Waals surface area contributed by atoms with Crippen LogP contribution in [-0.2, 0) is 16.1 Å². The summed E-state index contributed by atoms with van der Waals surface area (Å²) >= 11 is 0. The molecule has 0 atom stereocenters. The van der Waals surface area contributed by atoms with E-state index in [-0.39, 0.29) is 18.1 Å². The van der Waals surface area contributed by atoms with Crippen LogP contribution in [0.3, 0.4) is 0 Å². The zero-order chi connectivity index (χ0) is 23.2. The largest absolute Gasteiger partial charge is 0.494 e. The van der Waals surface area contributed by atoms with Gasteiger partial charge in [0.1, 0.15) is 23.0 Å². The lowest BCUT2D eigenvalue weighted by molar-refractivity contribution is -0.137. The van der Waals surface area contributed by atoms with Crippen LogP contribution in [0.2, 0.25) is 0 Å². The maximum atomic E-state index is 13.4. The first-order valence-corrected chi connectivity index (χ1v) is 11.0. The lowest BCUT2D eigenvalue weighted by atomic mass is 10.0. The minimum absolute atomic E-state index is 0.0559. The number of imide groups is 1. The van der Waals surface area contributed by atoms with Crippen LogP contribution < -0.4 is 14.8 Å². The van der Waals surface area contributed by atoms with Gasteiger partial charge < -0.3 is 19.2 Å². The van der Waals surface area contributed by atoms with Crippen LogP contribution >= 0.6 is 0 Å². The highest BCUT2D eigenvalue weighted by atomic mass is 16.5. The first kappa shape index (κ1) is 22.2. The first-order chi connectivity index (χ1) is 16.1. The van der Waals surface area contributed by atoms with Gasteiger partial charge in [-0.15, -0.1) is 0 Å². The van der Waals surface area contributed by atoms with Crippen LogP contribution in [0.4, 0.5) is 5.69 Å². The molecule has 0 radical (unpaired) electrons. The third-order valence-corrected chi connectivity index (χ3v) is 5.11. The molecule has 1 aromatic heterocycles. The predicted molar refractivity (Wildman–Crippen MR) is 125 cm³/mol. The van der Waals surface area contributed by atoms with E-state index >= 15 is 0 Å². The summed E-state index contributed by atoms with van der Waals surface area (Å²) in [6, 6.07) is 17.9. The minimum Gasteiger partial charge on any atom is -0.494 e. The number of benzene rings is 2. The second kappa shape index (κ2) is 10.1. The highest BCUT2D eigenvalue weighted by Gasteiger charge is 2.39. The molecule has 2 aromatic carbocycles. The van der Waals surface area contributed by atoms with Crippen molar-refractivity contribution in [2.75, 3.05) is 18.5 Å². The number of nitrogens with zero attached hydrogens (tertiary/aromatic N) is 1. The van der Waals surface area contributed by atoms with Crippen LogP contribution in [0.1, 0.15) is 31.6 Å². The summed E-state index contributed by atoms with van der Waals surface area (Å²) in [5.41, 5.74) is 1.84. The second-order valence-electron chi connectivity index (χ2n) is 7.48. The van der Waals surface area contributed by atoms with Crippen molar-refractivity contribution in [3.05, 3.63) is 83.9 Å². The summed E-state index contributed by atoms with van der Waals surface area (Å²) in [6.45, 7) is 5.18. The van der Waals surface area contributed by atoms with Crippen molar-refractivity contribution in [1.82, 2.24) is 4.90 Å². The lowest BCUT2D eigenvalue weighted by Crippen LogP contribution is -2.31. The monoisotopic (exact) mass is 446 g/mol. The normalized spacial score (nSPS) is 13.6. The van der Waals surface area contributed by atoms with Gasteiger partial charge in [0.15, 0.2) is 0 Å². The molecule has 1 aliphatic heterocycles. The van der Waals surface area contributed by atoms with Gasteiger partial charge in [0.05, 0.1) is 31.6 Å². The molecule has 4 rings (SSSR count). The number of rotatable bonds is 10. The number of amides is 2. The van der Waals surface area contributed by atoms with E-state index < -0.39 is 5.91 Å². The van der Waals surface area contributed by atoms with Crippen LogP contribution in [0.5, 0.6) is 11.5 Å². The Morgan fingerprint density at radius 2 is 1.58 bits per heavy atom. The van der Waals surface area contributed by atoms with Gasteiger partial charge in [-0.05, 0) is 67.4 Å². The van der Waals surface area contributed by atoms with E-state index in [9.17, 15) is 9.59 Å². The molecule has 2 amide bonds. The van der Waals surface area contributed by atoms with Gasteiger partial charge in [-0.3, -0.25) is 14.5 Å². The summed E-state index contributed by atoms with van der Waals surface area (Å²) in [6.07, 6.45) is 2.42. The van der Waals surface area contributed by atoms with Crippen molar-refractivity contribution in [3.8, 4) is 11.5 Å². The number of carbonyl (C=O) groups excluding carboxylic acids is 2. The van der Waals surface area contributed by atoms with E-state index in [0.717, 1.165) is 12.2 Å². The van der Waals surface area contributed by atoms with Gasteiger partial charge in [-0.25, -0.2) is 0 Å². The Morgan fingerprint density at radius 1 is 0.879 bits per heavy atom. The van der Waals surface area contributed by atoms with Crippen molar-refractivity contribution < 1.29 is 23.5 Å². The molecule has 170 valence electrons. The van der Waals surface area contributed by atoms with Gasteiger partial charge in [0.25, 0.3) is 11.8 Å². The molecule has 0 spiro atoms. The average molecular weight is 447 g/mol. The Balaban J connectivity index is 1.66. The number of hydrogen-bond donors (Lipinski definition) is 1. The first-order valence-electron chi connectivity index (χ1n) is 11.0. The van der Waals surface area contributed by atoms with Gasteiger partial charge in [-0.1, -0.05) is 19.1 Å². The SMILES string of the molecule is CCCOc1ccc(C2=C(Nc3ccc(OCC)cc3)C(=O)N(Cc3ccco3)C2=O)cc1. The fourth-order valence-corrected chi connectivity index (χ4v) is 3.55. The van der Waals surface area contributed by atoms with E-state index in [1.165, 1.54) is 11.2 Å². The Morgan fingerprint density at radius 3 is 2.21 bits per heavy atom. The third kappa shape index (κ3) is 4.92. The van der Waals surface area contributed by atoms with Crippen molar-refractivity contribution in [3.63, 3.8) is 0 Å². The fraction of sp³-hybridized carbons (Fsp3) is 0.231. The summed E-state index contributed by atoms with van der Waals surface area (Å²) in [7, 11) is 0. The standard InChI is InChI=1S/C26H26N2O5/c1-3-15-32-21-11-7-18(8-12-21)23-24(27-19-9-13-20(14-10-19)31-4-2)26(30)28(25(23)29)17-22-6-5-16-33-22/h5-14,16,27H,3-4,15,17H2,1-2H3. The van der Waals surface area contributed by atoms with E-state index in [2.05, 4.69) is 5.32 Å². The molecule has 0 unspecified atom stereocenters. The number of furan rings is 1. The maximum absolute atomic E-state index is 13.4. The summed E-state index contributed by atoms with van der Waals surface area (Å²) < 4.78 is 16.5. The molecule has 1 aliphatic rings. The molecule has 0 fully saturated rings. The van der Waals surface area contributed by atoms with Gasteiger partial charge in [0.2, 0.25) is 0 Å². The van der Waals surface area contributed by atoms with Crippen LogP contribution in [-0.4, -0.2) is 29.9 Å². The minimum atomic E-state index is -0.411. The number of ether oxygens (including phenoxy) is 2. The highest BCUT2D eigenvalue weighted by molar-refractivity contribution is 6.36. The summed E-state index contributed by atoms with van der Waals surface area (Å²) in [5.74, 6) is 1.18. The molecule has 2 heterocycles. The second-order valence-corrected chi connectivity index (χ2v) is 7.48. The molecule has 33 heavy (non-hydrogen) atoms. The molecule has 0 saturated heterocycles. The van der Waals surface area contributed by atoms with Crippen molar-refractivity contribution >= 4 is 23.1 Å². The summed E-state index contributed by atoms with van der Waals surface area (Å²) in [5, 5.41) is 3.15. The predicted octanol–water partition coefficient (Wildman–Crippen LogP) is 4.86. The summed E-state index contributed by atoms with van der Waals surface area (Å²) in [4.78, 5) is 27.8. The Labute approximate surface area is 192 Å². The van der Waals surface area contributed by atoms with Crippen LogP contribution in [0, 0.1) is 0 Å². The van der Waals surface area contributed by atoms with Crippen LogP contribution in [0.15, 0.2) is 77.0 Å². The van der Waals surface area contributed by atoms with E-state index in [1.54, 1.807) is 36.4 Å². The topological polar surface area (TPSA) is 81.0 Å². The molecule has 0 aliphatic carbocycles. The fourth-order valence-electron chi connectivity index (χ4n) is 3.55. The quantitative estimate of drug-likeness (QED) is 0.448. The molecule has 7 nitrogen and oxygen atoms in total. The maximum Gasteiger partial charge on any atom is 0.278 e. The molecule has 0 saturated carbocycles. The van der Waals surface area contributed by atoms with Crippen molar-refractivity contribution in [2.24, 2.45) is 0 Å². The molecular weight excluding hydrogens is 420 g/mol. The number of nitrogens with one attached hydrogen (secondary N) is 1. The zero-order valence-corrected chi connectivity index (χ0v) is 18.7. The number of hydrogen-bond acceptors (Lipinski definition) is 6. The van der Waals surface area contributed by atoms with Crippen LogP contribution in [0.25, 0.3) is 5.57 Å². The van der Waals surface area contributed by atoms with E-state index in [4.69, 9.17) is 13.9 Å². The smallest absolute Gasteiger partial charge is 0.278 e. The number of carbonyl (C=O) groups is 2. The lowest BCUT2D eigenvalue weighted by Gasteiger charge is -2.13. The molecule has 0 bridgehead atoms. The highest BCUT2D eigenvalue weighted by Crippen LogP contribution is 2.32. The molecule has 1 N–H and O–H groups in total. The number of anilines is 1. The van der Waals surface area contributed by atoms with E-state index in [0.29, 0.717) is 41.5 Å². The van der Waals surface area contributed by atoms with E-state index in [1.807, 2.05) is 38.1 Å². The zero-order valence-electron chi connectivity index (χ0n) is 18.7. The third-order valence-electron chi connectivity index (χ3n) is 5.11.